The Morgan fingerprint density at radius 1 is 0.625 bits per heavy atom. The molecule has 0 bridgehead atoms. The van der Waals surface area contributed by atoms with Crippen LogP contribution >= 0.6 is 7.92 Å². The lowest BCUT2D eigenvalue weighted by atomic mass is 10.1. The van der Waals surface area contributed by atoms with Crippen molar-refractivity contribution in [1.82, 2.24) is 0 Å². The molecule has 0 aromatic heterocycles. The zero-order valence-electron chi connectivity index (χ0n) is 22.4. The average Bonchev–Trinajstić information content (AvgIpc) is 2.79. The molecule has 3 nitrogen and oxygen atoms in total. The predicted molar refractivity (Wildman–Crippen MR) is 147 cm³/mol. The first kappa shape index (κ1) is 33.8. The molecule has 0 spiro atoms. The molecule has 0 aliphatic heterocycles. The number of carbonyl (C=O) groups excluding carboxylic acids is 1. The van der Waals surface area contributed by atoms with Gasteiger partial charge in [0.1, 0.15) is 0 Å². The molecule has 0 unspecified atom stereocenters. The Morgan fingerprint density at radius 2 is 0.906 bits per heavy atom. The molecule has 0 aromatic rings. The fraction of sp³-hybridized carbons (Fsp3) is 0.893. The van der Waals surface area contributed by atoms with Gasteiger partial charge in [-0.05, 0) is 44.7 Å². The van der Waals surface area contributed by atoms with Crippen molar-refractivity contribution in [1.29, 1.82) is 0 Å². The third kappa shape index (κ3) is 27.6. The van der Waals surface area contributed by atoms with Crippen molar-refractivity contribution in [2.75, 3.05) is 18.5 Å². The summed E-state index contributed by atoms with van der Waals surface area (Å²) >= 11 is 0. The molecule has 32 heavy (non-hydrogen) atoms. The van der Waals surface area contributed by atoms with E-state index in [-0.39, 0.29) is 0 Å². The minimum absolute atomic E-state index is 0.308. The second-order valence-electron chi connectivity index (χ2n) is 9.33. The molecule has 0 heterocycles. The molecule has 0 radical (unpaired) electrons. The molecule has 0 atom stereocenters. The highest BCUT2D eigenvalue weighted by atomic mass is 31.1. The molecule has 0 amide bonds. The monoisotopic (exact) mass is 471 g/mol. The number of hydrogen-bond donors (Lipinski definition) is 1. The van der Waals surface area contributed by atoms with Crippen LogP contribution < -0.4 is 5.90 Å². The molecule has 2 N–H and O–H groups in total. The first-order valence-electron chi connectivity index (χ1n) is 13.8. The van der Waals surface area contributed by atoms with Gasteiger partial charge in [-0.15, -0.1) is 7.92 Å². The summed E-state index contributed by atoms with van der Waals surface area (Å²) in [5, 5.41) is 0. The van der Waals surface area contributed by atoms with Gasteiger partial charge in [0, 0.05) is 5.57 Å². The van der Waals surface area contributed by atoms with E-state index in [0.29, 0.717) is 13.5 Å². The van der Waals surface area contributed by atoms with Gasteiger partial charge >= 0.3 is 5.97 Å². The van der Waals surface area contributed by atoms with Gasteiger partial charge in [-0.25, -0.2) is 4.79 Å². The van der Waals surface area contributed by atoms with Gasteiger partial charge < -0.3 is 4.84 Å². The van der Waals surface area contributed by atoms with Crippen molar-refractivity contribution in [2.45, 2.75) is 143 Å². The van der Waals surface area contributed by atoms with Gasteiger partial charge in [-0.3, -0.25) is 0 Å². The van der Waals surface area contributed by atoms with Crippen LogP contribution in [0.1, 0.15) is 143 Å². The summed E-state index contributed by atoms with van der Waals surface area (Å²) in [4.78, 5) is 13.8. The molecule has 0 aliphatic carbocycles. The van der Waals surface area contributed by atoms with Crippen LogP contribution in [0.4, 0.5) is 0 Å². The largest absolute Gasteiger partial charge is 0.370 e. The fourth-order valence-corrected chi connectivity index (χ4v) is 6.47. The van der Waals surface area contributed by atoms with Crippen LogP contribution in [0.5, 0.6) is 0 Å². The van der Waals surface area contributed by atoms with Crippen molar-refractivity contribution in [3.05, 3.63) is 12.2 Å². The highest BCUT2D eigenvalue weighted by molar-refractivity contribution is 7.57. The number of rotatable bonds is 22. The van der Waals surface area contributed by atoms with Gasteiger partial charge in [0.05, 0.1) is 0 Å². The number of unbranched alkanes of at least 4 members (excludes halogenated alkanes) is 15. The van der Waals surface area contributed by atoms with E-state index in [1.807, 2.05) is 0 Å². The summed E-state index contributed by atoms with van der Waals surface area (Å²) < 4.78 is 0. The summed E-state index contributed by atoms with van der Waals surface area (Å²) in [6.07, 6.45) is 31.2. The van der Waals surface area contributed by atoms with E-state index in [0.717, 1.165) is 0 Å². The lowest BCUT2D eigenvalue weighted by Crippen LogP contribution is -2.09. The highest BCUT2D eigenvalue weighted by Crippen LogP contribution is 2.39. The van der Waals surface area contributed by atoms with Gasteiger partial charge in [0.15, 0.2) is 0 Å². The topological polar surface area (TPSA) is 52.3 Å². The van der Waals surface area contributed by atoms with E-state index in [9.17, 15) is 4.79 Å². The molecule has 0 aromatic carbocycles. The average molecular weight is 472 g/mol. The molecular formula is C28H58NO2P. The number of nitrogens with two attached hydrogens (primary N) is 1. The van der Waals surface area contributed by atoms with E-state index in [2.05, 4.69) is 38.1 Å². The van der Waals surface area contributed by atoms with Crippen LogP contribution in [0.25, 0.3) is 0 Å². The first-order chi connectivity index (χ1) is 15.5. The smallest absolute Gasteiger partial charge is 0.351 e. The summed E-state index contributed by atoms with van der Waals surface area (Å²) in [6.45, 7) is 11.8. The van der Waals surface area contributed by atoms with Crippen LogP contribution in [0.2, 0.25) is 0 Å². The van der Waals surface area contributed by atoms with Crippen molar-refractivity contribution in [3.8, 4) is 0 Å². The van der Waals surface area contributed by atoms with E-state index >= 15 is 0 Å². The molecule has 0 fully saturated rings. The second kappa shape index (κ2) is 28.6. The molecule has 0 saturated carbocycles. The van der Waals surface area contributed by atoms with Crippen LogP contribution in [-0.4, -0.2) is 24.5 Å². The molecule has 0 aliphatic rings. The Hall–Kier alpha value is -0.400. The first-order valence-corrected chi connectivity index (χ1v) is 15.7. The normalized spacial score (nSPS) is 10.7. The summed E-state index contributed by atoms with van der Waals surface area (Å²) in [6, 6.07) is 0. The second-order valence-corrected chi connectivity index (χ2v) is 12.0. The molecule has 192 valence electrons. The maximum absolute atomic E-state index is 10.1. The van der Waals surface area contributed by atoms with Crippen molar-refractivity contribution in [3.63, 3.8) is 0 Å². The fourth-order valence-electron chi connectivity index (χ4n) is 3.78. The summed E-state index contributed by atoms with van der Waals surface area (Å²) in [7, 11) is 0.366. The third-order valence-electron chi connectivity index (χ3n) is 5.94. The predicted octanol–water partition coefficient (Wildman–Crippen LogP) is 9.53. The van der Waals surface area contributed by atoms with E-state index < -0.39 is 5.97 Å². The maximum atomic E-state index is 10.1. The van der Waals surface area contributed by atoms with Crippen LogP contribution in [-0.2, 0) is 9.63 Å². The molecule has 4 heteroatoms. The van der Waals surface area contributed by atoms with Gasteiger partial charge in [0.2, 0.25) is 0 Å². The van der Waals surface area contributed by atoms with Crippen LogP contribution in [0.15, 0.2) is 12.2 Å². The highest BCUT2D eigenvalue weighted by Gasteiger charge is 2.08. The summed E-state index contributed by atoms with van der Waals surface area (Å²) in [5.41, 5.74) is 0.308. The lowest BCUT2D eigenvalue weighted by molar-refractivity contribution is -0.139. The van der Waals surface area contributed by atoms with Gasteiger partial charge in [-0.2, -0.15) is 5.90 Å². The van der Waals surface area contributed by atoms with Crippen molar-refractivity contribution < 1.29 is 9.63 Å². The molecule has 0 rings (SSSR count). The van der Waals surface area contributed by atoms with Crippen LogP contribution in [0, 0.1) is 0 Å². The number of hydrogen-bond acceptors (Lipinski definition) is 3. The zero-order chi connectivity index (χ0) is 24.3. The molecular weight excluding hydrogens is 413 g/mol. The SMILES string of the molecule is C=C(C)C(=O)ON.CCCCCCCCP(CCCCCCCC)CCCCCCCC. The Bertz CT molecular complexity index is 363. The number of carbonyl (C=O) groups is 1. The Morgan fingerprint density at radius 3 is 1.12 bits per heavy atom. The standard InChI is InChI=1S/C24H51P.C4H7NO2/c1-4-7-10-13-16-19-22-25(23-20-17-14-11-8-5-2)24-21-18-15-12-9-6-3;1-3(2)4(6)7-5/h4-24H2,1-3H3;1,5H2,2H3. The van der Waals surface area contributed by atoms with Crippen molar-refractivity contribution >= 4 is 13.9 Å². The Labute approximate surface area is 203 Å². The Balaban J connectivity index is 0. The minimum atomic E-state index is -0.569. The molecule has 0 saturated heterocycles. The van der Waals surface area contributed by atoms with E-state index in [1.54, 1.807) is 18.5 Å². The quantitative estimate of drug-likeness (QED) is 0.0740. The van der Waals surface area contributed by atoms with Gasteiger partial charge in [-0.1, -0.05) is 124 Å². The minimum Gasteiger partial charge on any atom is -0.370 e. The van der Waals surface area contributed by atoms with Crippen molar-refractivity contribution in [2.24, 2.45) is 5.90 Å². The maximum Gasteiger partial charge on any atom is 0.351 e. The lowest BCUT2D eigenvalue weighted by Gasteiger charge is -2.18. The zero-order valence-corrected chi connectivity index (χ0v) is 23.3. The van der Waals surface area contributed by atoms with Gasteiger partial charge in [0.25, 0.3) is 0 Å². The van der Waals surface area contributed by atoms with Crippen LogP contribution in [0.3, 0.4) is 0 Å². The third-order valence-corrected chi connectivity index (χ3v) is 8.79. The summed E-state index contributed by atoms with van der Waals surface area (Å²) in [5.74, 6) is 3.89. The van der Waals surface area contributed by atoms with E-state index in [4.69, 9.17) is 0 Å². The Kier molecular flexibility index (Phi) is 30.2. The van der Waals surface area contributed by atoms with E-state index in [1.165, 1.54) is 122 Å².